The Bertz CT molecular complexity index is 1410. The number of pyridine rings is 2. The van der Waals surface area contributed by atoms with Crippen LogP contribution in [0.4, 0.5) is 0 Å². The molecule has 5 aromatic rings. The summed E-state index contributed by atoms with van der Waals surface area (Å²) in [5.74, 6) is 0.439. The molecular weight excluding hydrogens is 392 g/mol. The van der Waals surface area contributed by atoms with Gasteiger partial charge in [-0.3, -0.25) is 4.79 Å². The van der Waals surface area contributed by atoms with Gasteiger partial charge in [-0.05, 0) is 42.0 Å². The molecule has 1 fully saturated rings. The molecule has 0 saturated heterocycles. The highest BCUT2D eigenvalue weighted by atomic mass is 16.2. The minimum absolute atomic E-state index is 0.263. The van der Waals surface area contributed by atoms with E-state index >= 15 is 0 Å². The van der Waals surface area contributed by atoms with Gasteiger partial charge in [0.2, 0.25) is 0 Å². The van der Waals surface area contributed by atoms with E-state index < -0.39 is 0 Å². The number of aromatic nitrogens is 7. The summed E-state index contributed by atoms with van der Waals surface area (Å²) in [7, 11) is 0. The Morgan fingerprint density at radius 1 is 1.03 bits per heavy atom. The number of rotatable bonds is 6. The Hall–Kier alpha value is -4.01. The number of fused-ring (bicyclic) bond motifs is 2. The van der Waals surface area contributed by atoms with Gasteiger partial charge in [0.1, 0.15) is 11.3 Å². The number of carbonyl (C=O) groups is 1. The maximum Gasteiger partial charge on any atom is 0.273 e. The Kier molecular flexibility index (Phi) is 4.05. The maximum atomic E-state index is 12.5. The summed E-state index contributed by atoms with van der Waals surface area (Å²) in [6.45, 7) is 0.855. The van der Waals surface area contributed by atoms with Crippen molar-refractivity contribution in [2.45, 2.75) is 31.8 Å². The molecule has 9 nitrogen and oxygen atoms in total. The lowest BCUT2D eigenvalue weighted by molar-refractivity contribution is 0.0945. The largest absolute Gasteiger partial charge is 0.346 e. The Morgan fingerprint density at radius 3 is 2.84 bits per heavy atom. The van der Waals surface area contributed by atoms with Gasteiger partial charge in [0.05, 0.1) is 18.4 Å². The van der Waals surface area contributed by atoms with Crippen molar-refractivity contribution in [1.82, 2.24) is 39.1 Å². The van der Waals surface area contributed by atoms with Crippen LogP contribution in [-0.2, 0) is 13.1 Å². The zero-order chi connectivity index (χ0) is 20.8. The lowest BCUT2D eigenvalue weighted by atomic mass is 10.2. The topological polar surface area (TPSA) is 94.4 Å². The molecule has 0 spiro atoms. The predicted octanol–water partition coefficient (Wildman–Crippen LogP) is 2.43. The summed E-state index contributed by atoms with van der Waals surface area (Å²) in [5, 5.41) is 11.0. The summed E-state index contributed by atoms with van der Waals surface area (Å²) in [5.41, 5.74) is 5.27. The molecule has 5 aromatic heterocycles. The SMILES string of the molecule is O=C(NCc1ccc2nccn2c1)c1cn(Cc2cn3cc(C4CC4)ccc3n2)nn1. The van der Waals surface area contributed by atoms with E-state index in [9.17, 15) is 4.79 Å². The van der Waals surface area contributed by atoms with Crippen LogP contribution in [0.15, 0.2) is 61.4 Å². The van der Waals surface area contributed by atoms with Crippen molar-refractivity contribution in [1.29, 1.82) is 0 Å². The van der Waals surface area contributed by atoms with Crippen LogP contribution in [0.2, 0.25) is 0 Å². The molecule has 0 atom stereocenters. The zero-order valence-corrected chi connectivity index (χ0v) is 16.7. The molecule has 6 rings (SSSR count). The average Bonchev–Trinajstić information content (AvgIpc) is 3.17. The van der Waals surface area contributed by atoms with Crippen LogP contribution in [0.5, 0.6) is 0 Å². The summed E-state index contributed by atoms with van der Waals surface area (Å²) < 4.78 is 5.61. The monoisotopic (exact) mass is 412 g/mol. The molecular formula is C22H20N8O. The minimum Gasteiger partial charge on any atom is -0.346 e. The van der Waals surface area contributed by atoms with E-state index in [-0.39, 0.29) is 11.6 Å². The van der Waals surface area contributed by atoms with Crippen molar-refractivity contribution in [2.75, 3.05) is 0 Å². The van der Waals surface area contributed by atoms with Crippen LogP contribution in [-0.4, -0.2) is 39.7 Å². The summed E-state index contributed by atoms with van der Waals surface area (Å²) in [6.07, 6.45) is 13.9. The smallest absolute Gasteiger partial charge is 0.273 e. The van der Waals surface area contributed by atoms with E-state index in [2.05, 4.69) is 48.3 Å². The van der Waals surface area contributed by atoms with Gasteiger partial charge in [-0.25, -0.2) is 14.6 Å². The highest BCUT2D eigenvalue weighted by Gasteiger charge is 2.23. The Morgan fingerprint density at radius 2 is 1.94 bits per heavy atom. The van der Waals surface area contributed by atoms with E-state index in [0.29, 0.717) is 19.0 Å². The second-order valence-electron chi connectivity index (χ2n) is 7.95. The van der Waals surface area contributed by atoms with Crippen LogP contribution < -0.4 is 5.32 Å². The zero-order valence-electron chi connectivity index (χ0n) is 16.7. The number of amides is 1. The molecule has 0 unspecified atom stereocenters. The highest BCUT2D eigenvalue weighted by Crippen LogP contribution is 2.39. The fourth-order valence-electron chi connectivity index (χ4n) is 3.79. The van der Waals surface area contributed by atoms with Crippen LogP contribution in [0.1, 0.15) is 46.1 Å². The van der Waals surface area contributed by atoms with Gasteiger partial charge in [-0.1, -0.05) is 17.3 Å². The van der Waals surface area contributed by atoms with E-state index in [1.807, 2.05) is 35.1 Å². The molecule has 1 aliphatic rings. The molecule has 1 N–H and O–H groups in total. The Balaban J connectivity index is 1.12. The maximum absolute atomic E-state index is 12.5. The predicted molar refractivity (Wildman–Crippen MR) is 113 cm³/mol. The van der Waals surface area contributed by atoms with Gasteiger partial charge in [-0.15, -0.1) is 5.10 Å². The first kappa shape index (κ1) is 17.8. The fourth-order valence-corrected chi connectivity index (χ4v) is 3.79. The van der Waals surface area contributed by atoms with Gasteiger partial charge in [0.25, 0.3) is 5.91 Å². The van der Waals surface area contributed by atoms with E-state index in [4.69, 9.17) is 0 Å². The first-order chi connectivity index (χ1) is 15.2. The van der Waals surface area contributed by atoms with Gasteiger partial charge in [0, 0.05) is 37.5 Å². The molecule has 0 radical (unpaired) electrons. The van der Waals surface area contributed by atoms with Crippen LogP contribution in [0, 0.1) is 0 Å². The molecule has 0 aliphatic heterocycles. The fraction of sp³-hybridized carbons (Fsp3) is 0.227. The van der Waals surface area contributed by atoms with Crippen molar-refractivity contribution in [3.8, 4) is 0 Å². The molecule has 0 bridgehead atoms. The number of imidazole rings is 2. The molecule has 1 aliphatic carbocycles. The average molecular weight is 412 g/mol. The standard InChI is InChI=1S/C22H20N8O/c31-22(24-9-15-1-5-20-23-7-8-28(20)10-15)19-14-30(27-26-19)13-18-12-29-11-17(16-2-3-16)4-6-21(29)25-18/h1,4-8,10-12,14,16H,2-3,9,13H2,(H,24,31). The molecule has 31 heavy (non-hydrogen) atoms. The third-order valence-corrected chi connectivity index (χ3v) is 5.57. The molecule has 154 valence electrons. The molecule has 1 saturated carbocycles. The quantitative estimate of drug-likeness (QED) is 0.462. The molecule has 0 aromatic carbocycles. The van der Waals surface area contributed by atoms with Crippen LogP contribution in [0.3, 0.4) is 0 Å². The normalized spacial score (nSPS) is 13.8. The lowest BCUT2D eigenvalue weighted by Crippen LogP contribution is -2.23. The Labute approximate surface area is 177 Å². The number of hydrogen-bond donors (Lipinski definition) is 1. The van der Waals surface area contributed by atoms with E-state index in [0.717, 1.165) is 22.6 Å². The highest BCUT2D eigenvalue weighted by molar-refractivity contribution is 5.91. The van der Waals surface area contributed by atoms with Gasteiger partial charge < -0.3 is 14.1 Å². The van der Waals surface area contributed by atoms with Crippen molar-refractivity contribution in [2.24, 2.45) is 0 Å². The third kappa shape index (κ3) is 3.54. The van der Waals surface area contributed by atoms with Gasteiger partial charge >= 0.3 is 0 Å². The van der Waals surface area contributed by atoms with Crippen molar-refractivity contribution in [3.63, 3.8) is 0 Å². The van der Waals surface area contributed by atoms with Crippen molar-refractivity contribution in [3.05, 3.63) is 84.0 Å². The van der Waals surface area contributed by atoms with Crippen LogP contribution in [0.25, 0.3) is 11.3 Å². The number of carbonyl (C=O) groups excluding carboxylic acids is 1. The summed E-state index contributed by atoms with van der Waals surface area (Å²) in [6, 6.07) is 8.07. The van der Waals surface area contributed by atoms with Gasteiger partial charge in [0.15, 0.2) is 5.69 Å². The molecule has 1 amide bonds. The third-order valence-electron chi connectivity index (χ3n) is 5.57. The van der Waals surface area contributed by atoms with E-state index in [1.54, 1.807) is 17.1 Å². The first-order valence-corrected chi connectivity index (χ1v) is 10.3. The number of nitrogens with one attached hydrogen (secondary N) is 1. The number of nitrogens with zero attached hydrogens (tertiary/aromatic N) is 7. The van der Waals surface area contributed by atoms with Crippen molar-refractivity contribution < 1.29 is 4.79 Å². The minimum atomic E-state index is -0.263. The molecule has 9 heteroatoms. The second kappa shape index (κ2) is 7.05. The lowest BCUT2D eigenvalue weighted by Gasteiger charge is -2.04. The van der Waals surface area contributed by atoms with Gasteiger partial charge in [-0.2, -0.15) is 0 Å². The number of hydrogen-bond acceptors (Lipinski definition) is 5. The molecule has 5 heterocycles. The summed E-state index contributed by atoms with van der Waals surface area (Å²) >= 11 is 0. The van der Waals surface area contributed by atoms with Crippen LogP contribution >= 0.6 is 0 Å². The first-order valence-electron chi connectivity index (χ1n) is 10.3. The van der Waals surface area contributed by atoms with Crippen molar-refractivity contribution >= 4 is 17.2 Å². The summed E-state index contributed by atoms with van der Waals surface area (Å²) in [4.78, 5) is 21.3. The second-order valence-corrected chi connectivity index (χ2v) is 7.95. The van der Waals surface area contributed by atoms with E-state index in [1.165, 1.54) is 18.4 Å².